The molecule has 32 heavy (non-hydrogen) atoms. The summed E-state index contributed by atoms with van der Waals surface area (Å²) in [4.78, 5) is 13.7. The van der Waals surface area contributed by atoms with Gasteiger partial charge in [0.25, 0.3) is 0 Å². The summed E-state index contributed by atoms with van der Waals surface area (Å²) in [5.41, 5.74) is 1.85. The van der Waals surface area contributed by atoms with Crippen LogP contribution in [0.3, 0.4) is 0 Å². The molecule has 164 valence electrons. The molecule has 2 heterocycles. The van der Waals surface area contributed by atoms with E-state index in [-0.39, 0.29) is 11.7 Å². The van der Waals surface area contributed by atoms with Gasteiger partial charge in [-0.05, 0) is 48.2 Å². The molecule has 0 saturated heterocycles. The summed E-state index contributed by atoms with van der Waals surface area (Å²) in [5.74, 6) is 1.86. The molecule has 0 saturated carbocycles. The van der Waals surface area contributed by atoms with Crippen molar-refractivity contribution >= 4 is 34.7 Å². The number of hydrogen-bond acceptors (Lipinski definition) is 6. The van der Waals surface area contributed by atoms with Gasteiger partial charge >= 0.3 is 0 Å². The lowest BCUT2D eigenvalue weighted by atomic mass is 10.2. The summed E-state index contributed by atoms with van der Waals surface area (Å²) in [5, 5.41) is 14.4. The maximum Gasteiger partial charge on any atom is 0.234 e. The zero-order chi connectivity index (χ0) is 22.2. The van der Waals surface area contributed by atoms with Crippen LogP contribution >= 0.6 is 23.1 Å². The minimum atomic E-state index is -0.0848. The van der Waals surface area contributed by atoms with E-state index in [4.69, 9.17) is 4.74 Å². The van der Waals surface area contributed by atoms with Crippen LogP contribution in [0.1, 0.15) is 23.2 Å². The quantitative estimate of drug-likeness (QED) is 0.324. The van der Waals surface area contributed by atoms with Gasteiger partial charge in [-0.1, -0.05) is 48.2 Å². The summed E-state index contributed by atoms with van der Waals surface area (Å²) in [6, 6.07) is 21.5. The first-order valence-corrected chi connectivity index (χ1v) is 12.2. The number of carbonyl (C=O) groups excluding carboxylic acids is 1. The molecule has 0 aliphatic carbocycles. The number of thioether (sulfide) groups is 1. The van der Waals surface area contributed by atoms with Gasteiger partial charge in [-0.25, -0.2) is 0 Å². The number of carbonyl (C=O) groups is 1. The minimum absolute atomic E-state index is 0.0848. The van der Waals surface area contributed by atoms with Crippen LogP contribution in [0.25, 0.3) is 0 Å². The number of thiophene rings is 1. The highest BCUT2D eigenvalue weighted by molar-refractivity contribution is 7.99. The van der Waals surface area contributed by atoms with Gasteiger partial charge in [0.1, 0.15) is 18.2 Å². The lowest BCUT2D eigenvalue weighted by Gasteiger charge is -2.09. The van der Waals surface area contributed by atoms with Crippen LogP contribution < -0.4 is 10.1 Å². The Balaban J connectivity index is 1.27. The average Bonchev–Trinajstić information content (AvgIpc) is 3.48. The zero-order valence-electron chi connectivity index (χ0n) is 17.7. The second-order valence-electron chi connectivity index (χ2n) is 7.03. The Kier molecular flexibility index (Phi) is 7.58. The lowest BCUT2D eigenvalue weighted by molar-refractivity contribution is -0.113. The molecule has 6 nitrogen and oxygen atoms in total. The number of nitrogens with zero attached hydrogens (tertiary/aromatic N) is 3. The second kappa shape index (κ2) is 11.0. The van der Waals surface area contributed by atoms with Gasteiger partial charge in [-0.3, -0.25) is 4.79 Å². The fraction of sp³-hybridized carbons (Fsp3) is 0.208. The first kappa shape index (κ1) is 22.1. The van der Waals surface area contributed by atoms with Crippen molar-refractivity contribution in [3.05, 3.63) is 88.4 Å². The zero-order valence-corrected chi connectivity index (χ0v) is 19.4. The molecule has 0 aliphatic heterocycles. The summed E-state index contributed by atoms with van der Waals surface area (Å²) in [6.07, 6.45) is 0.754. The van der Waals surface area contributed by atoms with Crippen molar-refractivity contribution in [3.63, 3.8) is 0 Å². The van der Waals surface area contributed by atoms with E-state index in [1.165, 1.54) is 16.6 Å². The van der Waals surface area contributed by atoms with E-state index in [1.54, 1.807) is 11.3 Å². The van der Waals surface area contributed by atoms with Crippen molar-refractivity contribution in [1.82, 2.24) is 14.8 Å². The average molecular weight is 465 g/mol. The number of anilines is 1. The second-order valence-corrected chi connectivity index (χ2v) is 9.01. The first-order chi connectivity index (χ1) is 15.7. The normalized spacial score (nSPS) is 10.8. The highest BCUT2D eigenvalue weighted by Gasteiger charge is 2.14. The molecule has 2 aromatic carbocycles. The maximum atomic E-state index is 12.4. The molecule has 1 amide bonds. The van der Waals surface area contributed by atoms with Gasteiger partial charge in [0.15, 0.2) is 5.16 Å². The molecule has 0 aliphatic rings. The molecule has 4 aromatic rings. The molecule has 0 spiro atoms. The molecule has 0 bridgehead atoms. The van der Waals surface area contributed by atoms with Crippen LogP contribution in [0.5, 0.6) is 5.75 Å². The number of rotatable bonds is 10. The third-order valence-corrected chi connectivity index (χ3v) is 6.58. The van der Waals surface area contributed by atoms with Crippen LogP contribution in [0, 0.1) is 0 Å². The van der Waals surface area contributed by atoms with E-state index in [1.807, 2.05) is 60.7 Å². The van der Waals surface area contributed by atoms with Crippen molar-refractivity contribution < 1.29 is 9.53 Å². The molecule has 0 unspecified atom stereocenters. The van der Waals surface area contributed by atoms with Crippen LogP contribution in [0.4, 0.5) is 5.69 Å². The number of ether oxygens (including phenoxy) is 1. The molecule has 0 atom stereocenters. The molecular weight excluding hydrogens is 440 g/mol. The van der Waals surface area contributed by atoms with Crippen molar-refractivity contribution in [3.8, 4) is 5.75 Å². The van der Waals surface area contributed by atoms with E-state index in [9.17, 15) is 4.79 Å². The topological polar surface area (TPSA) is 69.0 Å². The predicted molar refractivity (Wildman–Crippen MR) is 129 cm³/mol. The van der Waals surface area contributed by atoms with Crippen LogP contribution in [-0.2, 0) is 24.4 Å². The molecule has 0 fully saturated rings. The summed E-state index contributed by atoms with van der Waals surface area (Å²) < 4.78 is 7.85. The number of nitrogens with one attached hydrogen (secondary N) is 1. The lowest BCUT2D eigenvalue weighted by Crippen LogP contribution is -2.14. The Hall–Kier alpha value is -3.10. The summed E-state index contributed by atoms with van der Waals surface area (Å²) in [7, 11) is 0. The molecule has 2 aromatic heterocycles. The molecular formula is C24H24N4O2S2. The van der Waals surface area contributed by atoms with Gasteiger partial charge < -0.3 is 14.6 Å². The third-order valence-electron chi connectivity index (χ3n) is 4.74. The van der Waals surface area contributed by atoms with Crippen molar-refractivity contribution in [2.45, 2.75) is 31.7 Å². The van der Waals surface area contributed by atoms with Crippen LogP contribution in [0.15, 0.2) is 77.3 Å². The number of amides is 1. The van der Waals surface area contributed by atoms with E-state index < -0.39 is 0 Å². The summed E-state index contributed by atoms with van der Waals surface area (Å²) in [6.45, 7) is 3.34. The van der Waals surface area contributed by atoms with Crippen molar-refractivity contribution in [2.24, 2.45) is 0 Å². The maximum absolute atomic E-state index is 12.4. The predicted octanol–water partition coefficient (Wildman–Crippen LogP) is 5.26. The first-order valence-electron chi connectivity index (χ1n) is 10.3. The minimum Gasteiger partial charge on any atom is -0.489 e. The molecule has 4 rings (SSSR count). The number of aromatic nitrogens is 3. The van der Waals surface area contributed by atoms with Gasteiger partial charge in [-0.2, -0.15) is 0 Å². The Morgan fingerprint density at radius 3 is 2.59 bits per heavy atom. The Morgan fingerprint density at radius 2 is 1.88 bits per heavy atom. The van der Waals surface area contributed by atoms with Crippen LogP contribution in [0.2, 0.25) is 0 Å². The van der Waals surface area contributed by atoms with Crippen molar-refractivity contribution in [1.29, 1.82) is 0 Å². The fourth-order valence-corrected chi connectivity index (χ4v) is 4.67. The summed E-state index contributed by atoms with van der Waals surface area (Å²) >= 11 is 3.10. The van der Waals surface area contributed by atoms with Gasteiger partial charge in [-0.15, -0.1) is 21.5 Å². The molecule has 8 heteroatoms. The highest BCUT2D eigenvalue weighted by atomic mass is 32.2. The number of hydrogen-bond donors (Lipinski definition) is 1. The SMILES string of the molecule is CCn1c(Cc2cccs2)nnc1SCC(=O)Nc1ccc(OCc2ccccc2)cc1. The largest absolute Gasteiger partial charge is 0.489 e. The molecule has 0 radical (unpaired) electrons. The van der Waals surface area contributed by atoms with Gasteiger partial charge in [0.2, 0.25) is 5.91 Å². The van der Waals surface area contributed by atoms with E-state index in [0.29, 0.717) is 6.61 Å². The number of benzene rings is 2. The Bertz CT molecular complexity index is 1130. The smallest absolute Gasteiger partial charge is 0.234 e. The van der Waals surface area contributed by atoms with E-state index in [2.05, 4.69) is 38.5 Å². The fourth-order valence-electron chi connectivity index (χ4n) is 3.15. The Labute approximate surface area is 195 Å². The van der Waals surface area contributed by atoms with Crippen molar-refractivity contribution in [2.75, 3.05) is 11.1 Å². The Morgan fingerprint density at radius 1 is 1.06 bits per heavy atom. The highest BCUT2D eigenvalue weighted by Crippen LogP contribution is 2.21. The monoisotopic (exact) mass is 464 g/mol. The van der Waals surface area contributed by atoms with E-state index in [0.717, 1.165) is 40.9 Å². The van der Waals surface area contributed by atoms with Crippen LogP contribution in [-0.4, -0.2) is 26.4 Å². The van der Waals surface area contributed by atoms with Gasteiger partial charge in [0.05, 0.1) is 5.75 Å². The third kappa shape index (κ3) is 5.99. The van der Waals surface area contributed by atoms with Gasteiger partial charge in [0, 0.05) is 23.5 Å². The standard InChI is InChI=1S/C24H24N4O2S2/c1-2-28-22(15-21-9-6-14-31-21)26-27-24(28)32-17-23(29)25-19-10-12-20(13-11-19)30-16-18-7-4-3-5-8-18/h3-14H,2,15-17H2,1H3,(H,25,29). The van der Waals surface area contributed by atoms with E-state index >= 15 is 0 Å². The molecule has 1 N–H and O–H groups in total.